The first-order chi connectivity index (χ1) is 29.3. The van der Waals surface area contributed by atoms with Gasteiger partial charge in [0.1, 0.15) is 27.7 Å². The molecule has 6 heterocycles. The Hall–Kier alpha value is -4.84. The molecule has 3 fully saturated rings. The molecule has 3 amide bonds. The van der Waals surface area contributed by atoms with Crippen LogP contribution in [0, 0.1) is 12.3 Å². The number of piperazine rings is 1. The lowest BCUT2D eigenvalue weighted by Crippen LogP contribution is -2.55. The van der Waals surface area contributed by atoms with Crippen molar-refractivity contribution in [3.63, 3.8) is 0 Å². The van der Waals surface area contributed by atoms with E-state index >= 15 is 0 Å². The zero-order chi connectivity index (χ0) is 44.6. The van der Waals surface area contributed by atoms with Crippen molar-refractivity contribution >= 4 is 52.9 Å². The van der Waals surface area contributed by atoms with E-state index in [1.807, 2.05) is 90.4 Å². The Morgan fingerprint density at radius 1 is 0.935 bits per heavy atom. The van der Waals surface area contributed by atoms with Gasteiger partial charge in [-0.2, -0.15) is 0 Å². The number of hydrogen-bond acceptors (Lipinski definition) is 13. The van der Waals surface area contributed by atoms with Gasteiger partial charge in [-0.3, -0.25) is 4.79 Å². The highest BCUT2D eigenvalue weighted by Crippen LogP contribution is 2.44. The van der Waals surface area contributed by atoms with Crippen LogP contribution in [0.1, 0.15) is 72.7 Å². The number of pyridine rings is 1. The molecule has 18 heteroatoms. The molecule has 4 aromatic rings. The average molecular weight is 894 g/mol. The number of fused-ring (bicyclic) bond motifs is 1. The number of amides is 3. The van der Waals surface area contributed by atoms with Crippen molar-refractivity contribution in [2.24, 2.45) is 5.41 Å². The van der Waals surface area contributed by atoms with Crippen molar-refractivity contribution in [2.75, 3.05) is 57.4 Å². The molecule has 3 aliphatic rings. The summed E-state index contributed by atoms with van der Waals surface area (Å²) >= 11 is 8.35. The van der Waals surface area contributed by atoms with Gasteiger partial charge in [0.15, 0.2) is 18.1 Å². The Morgan fingerprint density at radius 2 is 1.60 bits per heavy atom. The van der Waals surface area contributed by atoms with Crippen molar-refractivity contribution in [1.82, 2.24) is 34.5 Å². The van der Waals surface area contributed by atoms with E-state index in [1.165, 1.54) is 11.8 Å². The maximum Gasteiger partial charge on any atom is 0.410 e. The summed E-state index contributed by atoms with van der Waals surface area (Å²) in [4.78, 5) is 58.9. The van der Waals surface area contributed by atoms with Crippen LogP contribution >= 0.6 is 23.4 Å². The Balaban J connectivity index is 0.959. The minimum atomic E-state index is -0.601. The molecule has 0 radical (unpaired) electrons. The zero-order valence-electron chi connectivity index (χ0n) is 36.7. The summed E-state index contributed by atoms with van der Waals surface area (Å²) in [5.74, 6) is 1.04. The molecule has 2 atom stereocenters. The molecule has 7 rings (SSSR count). The van der Waals surface area contributed by atoms with E-state index in [2.05, 4.69) is 10.2 Å². The van der Waals surface area contributed by atoms with Crippen LogP contribution in [0.25, 0.3) is 16.9 Å². The number of anilines is 1. The van der Waals surface area contributed by atoms with Crippen molar-refractivity contribution in [1.29, 1.82) is 0 Å². The minimum absolute atomic E-state index is 0.117. The van der Waals surface area contributed by atoms with E-state index in [4.69, 9.17) is 45.5 Å². The van der Waals surface area contributed by atoms with Crippen molar-refractivity contribution in [3.8, 4) is 17.0 Å². The molecule has 2 N–H and O–H groups in total. The summed E-state index contributed by atoms with van der Waals surface area (Å²) in [6.07, 6.45) is 4.35. The number of imidazole rings is 1. The number of aryl methyl sites for hydroxylation is 1. The standard InChI is InChI=1S/C44H57ClN8O8S/c1-27-39(48-32(24-54)37(46-27)51-17-14-44(15-18-51)26-59-28(2)36(44)49-40(56)60-42(3,4)5)62-33-13-16-53-23-31(47-38(53)35(33)45)29-9-11-30(12-10-29)58-25-34(55)50-19-21-52(22-20-50)41(57)61-43(6,7)8/h9-13,16,23,28,36,54H,14-15,17-22,24-26H2,1-8H3,(H,49,56)/t28-,36+/m0/s1. The van der Waals surface area contributed by atoms with Gasteiger partial charge in [-0.05, 0) is 98.6 Å². The van der Waals surface area contributed by atoms with Crippen LogP contribution in [-0.4, -0.2) is 128 Å². The predicted molar refractivity (Wildman–Crippen MR) is 235 cm³/mol. The first-order valence-corrected chi connectivity index (χ1v) is 22.2. The largest absolute Gasteiger partial charge is 0.484 e. The monoisotopic (exact) mass is 892 g/mol. The van der Waals surface area contributed by atoms with E-state index in [0.717, 1.165) is 23.3 Å². The van der Waals surface area contributed by atoms with Crippen LogP contribution in [-0.2, 0) is 25.6 Å². The number of aliphatic hydroxyl groups is 1. The van der Waals surface area contributed by atoms with E-state index in [0.29, 0.717) is 90.2 Å². The highest BCUT2D eigenvalue weighted by atomic mass is 35.5. The summed E-state index contributed by atoms with van der Waals surface area (Å²) < 4.78 is 24.8. The topological polar surface area (TPSA) is 173 Å². The average Bonchev–Trinajstić information content (AvgIpc) is 3.79. The summed E-state index contributed by atoms with van der Waals surface area (Å²) in [5.41, 5.74) is 1.88. The smallest absolute Gasteiger partial charge is 0.410 e. The van der Waals surface area contributed by atoms with Crippen LogP contribution in [0.2, 0.25) is 5.02 Å². The molecular formula is C44H57ClN8O8S. The molecule has 3 aliphatic heterocycles. The Bertz CT molecular complexity index is 2280. The number of nitrogens with zero attached hydrogens (tertiary/aromatic N) is 7. The summed E-state index contributed by atoms with van der Waals surface area (Å²) in [6.45, 7) is 18.0. The summed E-state index contributed by atoms with van der Waals surface area (Å²) in [7, 11) is 0. The number of aromatic nitrogens is 4. The van der Waals surface area contributed by atoms with Gasteiger partial charge < -0.3 is 48.5 Å². The van der Waals surface area contributed by atoms with Gasteiger partial charge >= 0.3 is 12.2 Å². The fourth-order valence-electron chi connectivity index (χ4n) is 8.03. The Kier molecular flexibility index (Phi) is 13.2. The van der Waals surface area contributed by atoms with Crippen molar-refractivity contribution < 1.29 is 38.4 Å². The molecule has 0 saturated carbocycles. The van der Waals surface area contributed by atoms with Crippen molar-refractivity contribution in [3.05, 3.63) is 59.1 Å². The fraction of sp³-hybridized carbons (Fsp3) is 0.545. The first-order valence-electron chi connectivity index (χ1n) is 21.0. The van der Waals surface area contributed by atoms with Crippen LogP contribution in [0.4, 0.5) is 15.4 Å². The number of carbonyl (C=O) groups excluding carboxylic acids is 3. The number of piperidine rings is 1. The second-order valence-electron chi connectivity index (χ2n) is 18.1. The number of carbonyl (C=O) groups is 3. The fourth-order valence-corrected chi connectivity index (χ4v) is 9.22. The molecule has 0 aliphatic carbocycles. The van der Waals surface area contributed by atoms with Crippen LogP contribution in [0.5, 0.6) is 5.75 Å². The molecule has 3 saturated heterocycles. The third kappa shape index (κ3) is 10.3. The lowest BCUT2D eigenvalue weighted by atomic mass is 9.73. The summed E-state index contributed by atoms with van der Waals surface area (Å²) in [6, 6.07) is 9.07. The molecule has 62 heavy (non-hydrogen) atoms. The van der Waals surface area contributed by atoms with Gasteiger partial charge in [0.2, 0.25) is 0 Å². The van der Waals surface area contributed by atoms with Gasteiger partial charge in [0.25, 0.3) is 5.91 Å². The highest BCUT2D eigenvalue weighted by molar-refractivity contribution is 7.99. The molecule has 0 unspecified atom stereocenters. The number of halogens is 1. The van der Waals surface area contributed by atoms with Gasteiger partial charge in [-0.15, -0.1) is 0 Å². The maximum atomic E-state index is 12.9. The van der Waals surface area contributed by atoms with Gasteiger partial charge in [-0.1, -0.05) is 23.4 Å². The number of alkyl carbamates (subject to hydrolysis) is 1. The second kappa shape index (κ2) is 18.1. The molecule has 1 aromatic carbocycles. The number of rotatable bonds is 9. The lowest BCUT2D eigenvalue weighted by Gasteiger charge is -2.43. The van der Waals surface area contributed by atoms with E-state index in [9.17, 15) is 19.5 Å². The molecule has 3 aromatic heterocycles. The van der Waals surface area contributed by atoms with Gasteiger partial charge in [-0.25, -0.2) is 24.5 Å². The third-order valence-electron chi connectivity index (χ3n) is 11.3. The zero-order valence-corrected chi connectivity index (χ0v) is 38.3. The quantitative estimate of drug-likeness (QED) is 0.181. The van der Waals surface area contributed by atoms with Gasteiger partial charge in [0.05, 0.1) is 41.8 Å². The first kappa shape index (κ1) is 45.2. The Morgan fingerprint density at radius 3 is 2.24 bits per heavy atom. The van der Waals surface area contributed by atoms with Crippen molar-refractivity contribution in [2.45, 2.75) is 108 Å². The third-order valence-corrected chi connectivity index (χ3v) is 12.9. The predicted octanol–water partition coefficient (Wildman–Crippen LogP) is 6.75. The van der Waals surface area contributed by atoms with Gasteiger partial charge in [0, 0.05) is 67.5 Å². The van der Waals surface area contributed by atoms with E-state index in [-0.39, 0.29) is 42.8 Å². The number of hydrogen-bond donors (Lipinski definition) is 2. The second-order valence-corrected chi connectivity index (χ2v) is 19.6. The molecule has 1 spiro atoms. The molecule has 334 valence electrons. The van der Waals surface area contributed by atoms with Crippen LogP contribution in [0.3, 0.4) is 0 Å². The number of aliphatic hydroxyl groups excluding tert-OH is 1. The van der Waals surface area contributed by atoms with Crippen LogP contribution in [0.15, 0.2) is 52.6 Å². The van der Waals surface area contributed by atoms with E-state index in [1.54, 1.807) is 21.9 Å². The SMILES string of the molecule is Cc1nc(N2CCC3(CC2)CO[C@@H](C)[C@H]3NC(=O)OC(C)(C)C)c(CO)nc1Sc1ccn2cc(-c3ccc(OCC(=O)N4CCN(C(=O)OC(C)(C)C)CC4)cc3)nc2c1Cl. The summed E-state index contributed by atoms with van der Waals surface area (Å²) in [5, 5.41) is 14.7. The molecular weight excluding hydrogens is 836 g/mol. The number of nitrogens with one attached hydrogen (secondary N) is 1. The number of benzene rings is 1. The maximum absolute atomic E-state index is 12.9. The molecule has 0 bridgehead atoms. The Labute approximate surface area is 371 Å². The minimum Gasteiger partial charge on any atom is -0.484 e. The number of ether oxygens (including phenoxy) is 4. The molecule has 16 nitrogen and oxygen atoms in total. The van der Waals surface area contributed by atoms with Crippen LogP contribution < -0.4 is 15.0 Å². The van der Waals surface area contributed by atoms with E-state index < -0.39 is 17.3 Å². The highest BCUT2D eigenvalue weighted by Gasteiger charge is 2.51. The lowest BCUT2D eigenvalue weighted by molar-refractivity contribution is -0.135. The normalized spacial score (nSPS) is 19.2.